The van der Waals surface area contributed by atoms with E-state index < -0.39 is 15.7 Å². The Morgan fingerprint density at radius 1 is 1.42 bits per heavy atom. The standard InChI is InChI=1S/C11H16ClN3O3S/c1-2-19(17,18)6-5-14-11(16)9-7-8(12)3-4-10(9)15-13/h3-4,7,15H,2,5-6,13H2,1H3,(H,14,16). The van der Waals surface area contributed by atoms with Crippen molar-refractivity contribution in [2.45, 2.75) is 6.92 Å². The average Bonchev–Trinajstić information content (AvgIpc) is 2.38. The van der Waals surface area contributed by atoms with Crippen molar-refractivity contribution >= 4 is 33.0 Å². The molecule has 0 saturated heterocycles. The first-order valence-corrected chi connectivity index (χ1v) is 7.84. The van der Waals surface area contributed by atoms with Crippen molar-refractivity contribution in [2.24, 2.45) is 5.84 Å². The fourth-order valence-corrected chi connectivity index (χ4v) is 2.26. The largest absolute Gasteiger partial charge is 0.351 e. The molecule has 0 fully saturated rings. The van der Waals surface area contributed by atoms with Gasteiger partial charge in [-0.25, -0.2) is 8.42 Å². The number of nitrogens with two attached hydrogens (primary N) is 1. The summed E-state index contributed by atoms with van der Waals surface area (Å²) in [4.78, 5) is 11.9. The van der Waals surface area contributed by atoms with Crippen molar-refractivity contribution in [1.29, 1.82) is 0 Å². The van der Waals surface area contributed by atoms with Crippen LogP contribution in [0.3, 0.4) is 0 Å². The lowest BCUT2D eigenvalue weighted by Gasteiger charge is -2.10. The second-order valence-corrected chi connectivity index (χ2v) is 6.74. The van der Waals surface area contributed by atoms with Crippen LogP contribution >= 0.6 is 11.6 Å². The Morgan fingerprint density at radius 2 is 2.11 bits per heavy atom. The first kappa shape index (κ1) is 15.7. The molecule has 0 saturated carbocycles. The molecule has 6 nitrogen and oxygen atoms in total. The minimum Gasteiger partial charge on any atom is -0.351 e. The number of hydrogen-bond acceptors (Lipinski definition) is 5. The summed E-state index contributed by atoms with van der Waals surface area (Å²) in [5.41, 5.74) is 3.07. The van der Waals surface area contributed by atoms with Gasteiger partial charge in [0.1, 0.15) is 0 Å². The molecule has 106 valence electrons. The Kier molecular flexibility index (Phi) is 5.59. The van der Waals surface area contributed by atoms with Crippen LogP contribution in [0.5, 0.6) is 0 Å². The van der Waals surface area contributed by atoms with Gasteiger partial charge >= 0.3 is 0 Å². The molecule has 0 aromatic heterocycles. The first-order chi connectivity index (χ1) is 8.89. The molecule has 1 aromatic rings. The number of amides is 1. The van der Waals surface area contributed by atoms with Crippen molar-refractivity contribution in [3.8, 4) is 0 Å². The van der Waals surface area contributed by atoms with Gasteiger partial charge in [0.25, 0.3) is 5.91 Å². The number of anilines is 1. The number of hydrogen-bond donors (Lipinski definition) is 3. The Bertz CT molecular complexity index is 560. The van der Waals surface area contributed by atoms with Gasteiger partial charge in [-0.15, -0.1) is 0 Å². The Labute approximate surface area is 117 Å². The van der Waals surface area contributed by atoms with E-state index in [1.54, 1.807) is 19.1 Å². The van der Waals surface area contributed by atoms with Gasteiger partial charge in [-0.1, -0.05) is 18.5 Å². The van der Waals surface area contributed by atoms with E-state index in [1.807, 2.05) is 0 Å². The predicted octanol–water partition coefficient (Wildman–Crippen LogP) is 0.790. The summed E-state index contributed by atoms with van der Waals surface area (Å²) in [6.07, 6.45) is 0. The Hall–Kier alpha value is -1.31. The van der Waals surface area contributed by atoms with Crippen molar-refractivity contribution in [2.75, 3.05) is 23.5 Å². The number of sulfone groups is 1. The summed E-state index contributed by atoms with van der Waals surface area (Å²) >= 11 is 5.80. The van der Waals surface area contributed by atoms with E-state index in [0.717, 1.165) is 0 Å². The molecule has 0 aliphatic rings. The summed E-state index contributed by atoms with van der Waals surface area (Å²) in [5, 5.41) is 2.91. The van der Waals surface area contributed by atoms with Gasteiger partial charge in [-0.2, -0.15) is 0 Å². The molecule has 1 aromatic carbocycles. The van der Waals surface area contributed by atoms with E-state index in [2.05, 4.69) is 10.7 Å². The van der Waals surface area contributed by atoms with E-state index in [-0.39, 0.29) is 23.6 Å². The fourth-order valence-electron chi connectivity index (χ4n) is 1.39. The van der Waals surface area contributed by atoms with Gasteiger partial charge < -0.3 is 10.7 Å². The van der Waals surface area contributed by atoms with Gasteiger partial charge in [0.05, 0.1) is 17.0 Å². The summed E-state index contributed by atoms with van der Waals surface area (Å²) in [5.74, 6) is 4.82. The quantitative estimate of drug-likeness (QED) is 0.533. The van der Waals surface area contributed by atoms with Crippen LogP contribution in [0.1, 0.15) is 17.3 Å². The van der Waals surface area contributed by atoms with Crippen molar-refractivity contribution < 1.29 is 13.2 Å². The van der Waals surface area contributed by atoms with Gasteiger partial charge in [0.2, 0.25) is 0 Å². The molecule has 0 aliphatic heterocycles. The molecule has 0 aliphatic carbocycles. The van der Waals surface area contributed by atoms with Crippen LogP contribution in [0.15, 0.2) is 18.2 Å². The zero-order valence-corrected chi connectivity index (χ0v) is 12.0. The maximum Gasteiger partial charge on any atom is 0.253 e. The molecule has 0 atom stereocenters. The number of nitrogens with one attached hydrogen (secondary N) is 2. The molecule has 0 radical (unpaired) electrons. The lowest BCUT2D eigenvalue weighted by molar-refractivity contribution is 0.0957. The Balaban J connectivity index is 2.71. The highest BCUT2D eigenvalue weighted by atomic mass is 35.5. The topological polar surface area (TPSA) is 101 Å². The summed E-state index contributed by atoms with van der Waals surface area (Å²) in [6.45, 7) is 1.61. The second kappa shape index (κ2) is 6.74. The normalized spacial score (nSPS) is 11.1. The van der Waals surface area contributed by atoms with Crippen LogP contribution in [0.25, 0.3) is 0 Å². The fraction of sp³-hybridized carbons (Fsp3) is 0.364. The molecule has 1 rings (SSSR count). The van der Waals surface area contributed by atoms with Crippen LogP contribution in [0.2, 0.25) is 5.02 Å². The minimum atomic E-state index is -3.10. The van der Waals surface area contributed by atoms with E-state index >= 15 is 0 Å². The van der Waals surface area contributed by atoms with E-state index in [0.29, 0.717) is 10.7 Å². The lowest BCUT2D eigenvalue weighted by Crippen LogP contribution is -2.30. The lowest BCUT2D eigenvalue weighted by atomic mass is 10.1. The molecule has 8 heteroatoms. The maximum absolute atomic E-state index is 11.9. The third-order valence-corrected chi connectivity index (χ3v) is 4.46. The van der Waals surface area contributed by atoms with Crippen molar-refractivity contribution in [1.82, 2.24) is 5.32 Å². The number of benzene rings is 1. The van der Waals surface area contributed by atoms with E-state index in [9.17, 15) is 13.2 Å². The van der Waals surface area contributed by atoms with Gasteiger partial charge in [-0.3, -0.25) is 10.6 Å². The van der Waals surface area contributed by atoms with Crippen LogP contribution in [0.4, 0.5) is 5.69 Å². The zero-order valence-electron chi connectivity index (χ0n) is 10.4. The number of carbonyl (C=O) groups excluding carboxylic acids is 1. The van der Waals surface area contributed by atoms with Crippen molar-refractivity contribution in [3.63, 3.8) is 0 Å². The molecular formula is C11H16ClN3O3S. The SMILES string of the molecule is CCS(=O)(=O)CCNC(=O)c1cc(Cl)ccc1NN. The van der Waals surface area contributed by atoms with Gasteiger partial charge in [0.15, 0.2) is 9.84 Å². The first-order valence-electron chi connectivity index (χ1n) is 5.64. The highest BCUT2D eigenvalue weighted by Gasteiger charge is 2.13. The molecule has 4 N–H and O–H groups in total. The number of rotatable bonds is 6. The molecule has 19 heavy (non-hydrogen) atoms. The van der Waals surface area contributed by atoms with Crippen LogP contribution in [-0.4, -0.2) is 32.4 Å². The molecular weight excluding hydrogens is 290 g/mol. The summed E-state index contributed by atoms with van der Waals surface area (Å²) in [7, 11) is -3.10. The highest BCUT2D eigenvalue weighted by molar-refractivity contribution is 7.91. The molecule has 0 bridgehead atoms. The summed E-state index contributed by atoms with van der Waals surface area (Å²) in [6, 6.07) is 4.62. The van der Waals surface area contributed by atoms with E-state index in [1.165, 1.54) is 6.07 Å². The number of nitrogen functional groups attached to an aromatic ring is 1. The molecule has 1 amide bonds. The number of carbonyl (C=O) groups is 1. The predicted molar refractivity (Wildman–Crippen MR) is 75.9 cm³/mol. The highest BCUT2D eigenvalue weighted by Crippen LogP contribution is 2.19. The van der Waals surface area contributed by atoms with Gasteiger partial charge in [0, 0.05) is 17.3 Å². The van der Waals surface area contributed by atoms with Crippen LogP contribution < -0.4 is 16.6 Å². The monoisotopic (exact) mass is 305 g/mol. The average molecular weight is 306 g/mol. The number of halogens is 1. The van der Waals surface area contributed by atoms with E-state index in [4.69, 9.17) is 17.4 Å². The van der Waals surface area contributed by atoms with Crippen LogP contribution in [-0.2, 0) is 9.84 Å². The second-order valence-electron chi connectivity index (χ2n) is 3.83. The van der Waals surface area contributed by atoms with Crippen molar-refractivity contribution in [3.05, 3.63) is 28.8 Å². The zero-order chi connectivity index (χ0) is 14.5. The smallest absolute Gasteiger partial charge is 0.253 e. The van der Waals surface area contributed by atoms with Crippen LogP contribution in [0, 0.1) is 0 Å². The third-order valence-electron chi connectivity index (χ3n) is 2.52. The third kappa shape index (κ3) is 4.70. The minimum absolute atomic E-state index is 0.0472. The molecule has 0 heterocycles. The summed E-state index contributed by atoms with van der Waals surface area (Å²) < 4.78 is 22.6. The molecule has 0 unspecified atom stereocenters. The van der Waals surface area contributed by atoms with Gasteiger partial charge in [-0.05, 0) is 18.2 Å². The Morgan fingerprint density at radius 3 is 2.68 bits per heavy atom. The number of hydrazine groups is 1. The maximum atomic E-state index is 11.9. The molecule has 0 spiro atoms.